The first-order valence-corrected chi connectivity index (χ1v) is 8.08. The number of rotatable bonds is 4. The van der Waals surface area contributed by atoms with E-state index in [2.05, 4.69) is 61.7 Å². The molecule has 7 nitrogen and oxygen atoms in total. The first-order chi connectivity index (χ1) is 12.1. The van der Waals surface area contributed by atoms with Crippen LogP contribution in [-0.2, 0) is 0 Å². The molecule has 4 rings (SSSR count). The van der Waals surface area contributed by atoms with E-state index in [0.29, 0.717) is 11.6 Å². The number of nitrogens with two attached hydrogens (primary N) is 1. The van der Waals surface area contributed by atoms with Gasteiger partial charge < -0.3 is 16.0 Å². The van der Waals surface area contributed by atoms with Gasteiger partial charge in [0.05, 0.1) is 0 Å². The van der Waals surface area contributed by atoms with Crippen LogP contribution in [0.5, 0.6) is 0 Å². The molecule has 25 heavy (non-hydrogen) atoms. The lowest BCUT2D eigenvalue weighted by Gasteiger charge is -2.16. The summed E-state index contributed by atoms with van der Waals surface area (Å²) in [6, 6.07) is 10.4. The molecule has 1 aromatic carbocycles. The maximum atomic E-state index is 5.79. The lowest BCUT2D eigenvalue weighted by Crippen LogP contribution is -2.07. The molecule has 5 N–H and O–H groups in total. The summed E-state index contributed by atoms with van der Waals surface area (Å²) in [7, 11) is 0. The van der Waals surface area contributed by atoms with E-state index in [9.17, 15) is 0 Å². The molecular formula is C18H19N7. The van der Waals surface area contributed by atoms with Gasteiger partial charge in [0.2, 0.25) is 5.95 Å². The van der Waals surface area contributed by atoms with Crippen LogP contribution < -0.4 is 11.1 Å². The molecule has 0 aliphatic carbocycles. The molecule has 3 heterocycles. The molecule has 0 bridgehead atoms. The van der Waals surface area contributed by atoms with Gasteiger partial charge in [0, 0.05) is 41.2 Å². The molecule has 3 aromatic heterocycles. The molecule has 0 radical (unpaired) electrons. The van der Waals surface area contributed by atoms with E-state index < -0.39 is 0 Å². The smallest absolute Gasteiger partial charge is 0.221 e. The molecule has 0 saturated carbocycles. The minimum Gasteiger partial charge on any atom is -0.368 e. The summed E-state index contributed by atoms with van der Waals surface area (Å²) in [4.78, 5) is 11.8. The molecule has 7 heteroatoms. The molecular weight excluding hydrogens is 314 g/mol. The Kier molecular flexibility index (Phi) is 3.61. The van der Waals surface area contributed by atoms with Crippen molar-refractivity contribution in [2.75, 3.05) is 11.1 Å². The van der Waals surface area contributed by atoms with Gasteiger partial charge in [-0.15, -0.1) is 0 Å². The van der Waals surface area contributed by atoms with E-state index in [1.54, 1.807) is 6.20 Å². The van der Waals surface area contributed by atoms with Crippen LogP contribution in [0.3, 0.4) is 0 Å². The van der Waals surface area contributed by atoms with Gasteiger partial charge in [0.15, 0.2) is 5.82 Å². The van der Waals surface area contributed by atoms with Crippen molar-refractivity contribution in [3.8, 4) is 0 Å². The van der Waals surface area contributed by atoms with Gasteiger partial charge in [-0.3, -0.25) is 5.10 Å². The zero-order chi connectivity index (χ0) is 17.4. The zero-order valence-corrected chi connectivity index (χ0v) is 14.0. The van der Waals surface area contributed by atoms with Crippen LogP contribution >= 0.6 is 0 Å². The van der Waals surface area contributed by atoms with Gasteiger partial charge in [-0.25, -0.2) is 4.98 Å². The molecule has 4 aromatic rings. The third kappa shape index (κ3) is 2.91. The minimum atomic E-state index is 0.0995. The van der Waals surface area contributed by atoms with Crippen LogP contribution in [0.25, 0.3) is 10.9 Å². The fraction of sp³-hybridized carbons (Fsp3) is 0.167. The Morgan fingerprint density at radius 3 is 2.88 bits per heavy atom. The number of aromatic amines is 2. The van der Waals surface area contributed by atoms with E-state index in [4.69, 9.17) is 5.73 Å². The SMILES string of the molecule is Cc1cc(Nc2nc(N)ncc2C(C)c2ccc3[nH]ccc3c2)n[nH]1. The summed E-state index contributed by atoms with van der Waals surface area (Å²) in [6.07, 6.45) is 3.72. The average molecular weight is 333 g/mol. The van der Waals surface area contributed by atoms with Gasteiger partial charge in [-0.1, -0.05) is 13.0 Å². The minimum absolute atomic E-state index is 0.0995. The second-order valence-corrected chi connectivity index (χ2v) is 6.14. The number of nitrogens with zero attached hydrogens (tertiary/aromatic N) is 3. The van der Waals surface area contributed by atoms with Crippen LogP contribution in [0.15, 0.2) is 42.7 Å². The van der Waals surface area contributed by atoms with Gasteiger partial charge >= 0.3 is 0 Å². The monoisotopic (exact) mass is 333 g/mol. The number of nitrogens with one attached hydrogen (secondary N) is 3. The van der Waals surface area contributed by atoms with Gasteiger partial charge in [0.1, 0.15) is 5.82 Å². The van der Waals surface area contributed by atoms with Crippen molar-refractivity contribution in [2.24, 2.45) is 0 Å². The fourth-order valence-electron chi connectivity index (χ4n) is 2.95. The third-order valence-electron chi connectivity index (χ3n) is 4.33. The number of anilines is 3. The highest BCUT2D eigenvalue weighted by molar-refractivity contribution is 5.80. The van der Waals surface area contributed by atoms with E-state index in [-0.39, 0.29) is 11.9 Å². The van der Waals surface area contributed by atoms with E-state index in [1.807, 2.05) is 19.2 Å². The van der Waals surface area contributed by atoms with Gasteiger partial charge in [-0.05, 0) is 36.1 Å². The largest absolute Gasteiger partial charge is 0.368 e. The van der Waals surface area contributed by atoms with Crippen molar-refractivity contribution in [1.29, 1.82) is 0 Å². The zero-order valence-electron chi connectivity index (χ0n) is 14.0. The lowest BCUT2D eigenvalue weighted by molar-refractivity contribution is 0.902. The molecule has 1 unspecified atom stereocenters. The molecule has 0 spiro atoms. The molecule has 0 fully saturated rings. The lowest BCUT2D eigenvalue weighted by atomic mass is 9.93. The predicted octanol–water partition coefficient (Wildman–Crippen LogP) is 3.47. The number of hydrogen-bond donors (Lipinski definition) is 4. The van der Waals surface area contributed by atoms with Crippen LogP contribution in [-0.4, -0.2) is 25.1 Å². The fourth-order valence-corrected chi connectivity index (χ4v) is 2.95. The van der Waals surface area contributed by atoms with Crippen molar-refractivity contribution in [1.82, 2.24) is 25.1 Å². The van der Waals surface area contributed by atoms with Crippen molar-refractivity contribution < 1.29 is 0 Å². The predicted molar refractivity (Wildman–Crippen MR) is 98.9 cm³/mol. The quantitative estimate of drug-likeness (QED) is 0.457. The first-order valence-electron chi connectivity index (χ1n) is 8.08. The highest BCUT2D eigenvalue weighted by Gasteiger charge is 2.17. The van der Waals surface area contributed by atoms with Gasteiger partial charge in [-0.2, -0.15) is 10.1 Å². The normalized spacial score (nSPS) is 12.4. The van der Waals surface area contributed by atoms with E-state index in [0.717, 1.165) is 16.8 Å². The average Bonchev–Trinajstić information content (AvgIpc) is 3.22. The number of hydrogen-bond acceptors (Lipinski definition) is 5. The molecule has 0 aliphatic rings. The van der Waals surface area contributed by atoms with Crippen molar-refractivity contribution in [2.45, 2.75) is 19.8 Å². The van der Waals surface area contributed by atoms with Crippen molar-refractivity contribution >= 4 is 28.5 Å². The Labute approximate surface area is 144 Å². The second kappa shape index (κ2) is 5.94. The summed E-state index contributed by atoms with van der Waals surface area (Å²) in [6.45, 7) is 4.08. The highest BCUT2D eigenvalue weighted by Crippen LogP contribution is 2.31. The Morgan fingerprint density at radius 2 is 2.08 bits per heavy atom. The molecule has 0 amide bonds. The summed E-state index contributed by atoms with van der Waals surface area (Å²) < 4.78 is 0. The second-order valence-electron chi connectivity index (χ2n) is 6.14. The Morgan fingerprint density at radius 1 is 1.20 bits per heavy atom. The number of fused-ring (bicyclic) bond motifs is 1. The maximum absolute atomic E-state index is 5.79. The van der Waals surface area contributed by atoms with Gasteiger partial charge in [0.25, 0.3) is 0 Å². The Balaban J connectivity index is 1.72. The molecule has 0 saturated heterocycles. The molecule has 0 aliphatic heterocycles. The number of benzene rings is 1. The first kappa shape index (κ1) is 15.2. The molecule has 126 valence electrons. The van der Waals surface area contributed by atoms with Crippen LogP contribution in [0.2, 0.25) is 0 Å². The van der Waals surface area contributed by atoms with Crippen molar-refractivity contribution in [3.05, 3.63) is 59.5 Å². The molecule has 1 atom stereocenters. The van der Waals surface area contributed by atoms with Crippen LogP contribution in [0.4, 0.5) is 17.6 Å². The number of nitrogen functional groups attached to an aromatic ring is 1. The summed E-state index contributed by atoms with van der Waals surface area (Å²) in [5.41, 5.74) is 10.0. The van der Waals surface area contributed by atoms with E-state index in [1.165, 1.54) is 10.9 Å². The third-order valence-corrected chi connectivity index (χ3v) is 4.33. The summed E-state index contributed by atoms with van der Waals surface area (Å²) >= 11 is 0. The highest BCUT2D eigenvalue weighted by atomic mass is 15.2. The Bertz CT molecular complexity index is 1030. The van der Waals surface area contributed by atoms with Crippen LogP contribution in [0, 0.1) is 6.92 Å². The number of aryl methyl sites for hydroxylation is 1. The van der Waals surface area contributed by atoms with Crippen molar-refractivity contribution in [3.63, 3.8) is 0 Å². The summed E-state index contributed by atoms with van der Waals surface area (Å²) in [5.74, 6) is 1.69. The Hall–Kier alpha value is -3.35. The summed E-state index contributed by atoms with van der Waals surface area (Å²) in [5, 5.41) is 11.5. The number of aromatic nitrogens is 5. The topological polar surface area (TPSA) is 108 Å². The number of H-pyrrole nitrogens is 2. The standard InChI is InChI=1S/C18H19N7/c1-10-7-16(25-24-10)22-17-14(9-21-18(19)23-17)11(2)12-3-4-15-13(8-12)5-6-20-15/h3-9,11,20H,1-2H3,(H4,19,21,22,23,24,25). The maximum Gasteiger partial charge on any atom is 0.221 e. The van der Waals surface area contributed by atoms with E-state index >= 15 is 0 Å². The van der Waals surface area contributed by atoms with Crippen LogP contribution in [0.1, 0.15) is 29.7 Å².